The predicted octanol–water partition coefficient (Wildman–Crippen LogP) is 2.46. The quantitative estimate of drug-likeness (QED) is 0.508. The molecule has 0 amide bonds. The van der Waals surface area contributed by atoms with E-state index in [2.05, 4.69) is 27.2 Å². The maximum Gasteiger partial charge on any atom is -0.0414 e. The highest BCUT2D eigenvalue weighted by Gasteiger charge is 1.93. The summed E-state index contributed by atoms with van der Waals surface area (Å²) >= 11 is 0. The van der Waals surface area contributed by atoms with Crippen LogP contribution in [0.1, 0.15) is 26.7 Å². The molecule has 0 N–H and O–H groups in total. The summed E-state index contributed by atoms with van der Waals surface area (Å²) in [5.41, 5.74) is 0. The molecule has 0 heteroatoms. The van der Waals surface area contributed by atoms with Crippen LogP contribution in [0.25, 0.3) is 0 Å². The van der Waals surface area contributed by atoms with E-state index in [1.807, 2.05) is 0 Å². The van der Waals surface area contributed by atoms with Gasteiger partial charge in [-0.2, -0.15) is 0 Å². The van der Waals surface area contributed by atoms with E-state index in [9.17, 15) is 0 Å². The van der Waals surface area contributed by atoms with Gasteiger partial charge in [0.25, 0.3) is 0 Å². The Bertz CT molecular complexity index is 31.0. The van der Waals surface area contributed by atoms with Gasteiger partial charge in [0.05, 0.1) is 0 Å². The van der Waals surface area contributed by atoms with Gasteiger partial charge < -0.3 is 0 Å². The SMILES string of the molecule is [CH2]C(CC)C[CH]C. The highest BCUT2D eigenvalue weighted by atomic mass is 14.0. The summed E-state index contributed by atoms with van der Waals surface area (Å²) in [6.07, 6.45) is 4.53. The Hall–Kier alpha value is 0. The number of hydrogen-bond acceptors (Lipinski definition) is 0. The van der Waals surface area contributed by atoms with E-state index >= 15 is 0 Å². The molecule has 0 saturated heterocycles. The third-order valence-electron chi connectivity index (χ3n) is 1.15. The van der Waals surface area contributed by atoms with Crippen molar-refractivity contribution in [2.45, 2.75) is 26.7 Å². The molecular weight excluding hydrogens is 84.1 g/mol. The summed E-state index contributed by atoms with van der Waals surface area (Å²) in [5.74, 6) is 0.644. The molecule has 0 spiro atoms. The largest absolute Gasteiger partial charge is 0.0651 e. The van der Waals surface area contributed by atoms with Crippen LogP contribution in [-0.2, 0) is 0 Å². The molecule has 0 bridgehead atoms. The lowest BCUT2D eigenvalue weighted by atomic mass is 10.0. The van der Waals surface area contributed by atoms with Crippen LogP contribution in [0.3, 0.4) is 0 Å². The molecule has 0 aromatic rings. The molecule has 0 aromatic carbocycles. The molecule has 0 aromatic heterocycles. The van der Waals surface area contributed by atoms with Crippen LogP contribution in [-0.4, -0.2) is 0 Å². The van der Waals surface area contributed by atoms with Gasteiger partial charge in [-0.3, -0.25) is 0 Å². The Morgan fingerprint density at radius 3 is 2.43 bits per heavy atom. The zero-order valence-electron chi connectivity index (χ0n) is 5.28. The first-order valence-electron chi connectivity index (χ1n) is 2.92. The number of hydrogen-bond donors (Lipinski definition) is 0. The average molecular weight is 98.2 g/mol. The van der Waals surface area contributed by atoms with Crippen molar-refractivity contribution < 1.29 is 0 Å². The van der Waals surface area contributed by atoms with E-state index < -0.39 is 0 Å². The Labute approximate surface area is 46.9 Å². The fourth-order valence-corrected chi connectivity index (χ4v) is 0.500. The molecular formula is C7H14. The molecule has 42 valence electrons. The van der Waals surface area contributed by atoms with Crippen molar-refractivity contribution in [2.75, 3.05) is 0 Å². The van der Waals surface area contributed by atoms with Crippen molar-refractivity contribution >= 4 is 0 Å². The molecule has 1 unspecified atom stereocenters. The van der Waals surface area contributed by atoms with E-state index in [1.165, 1.54) is 6.42 Å². The maximum absolute atomic E-state index is 3.92. The van der Waals surface area contributed by atoms with Crippen LogP contribution in [0.2, 0.25) is 0 Å². The fourth-order valence-electron chi connectivity index (χ4n) is 0.500. The highest BCUT2D eigenvalue weighted by molar-refractivity contribution is 4.66. The zero-order chi connectivity index (χ0) is 5.70. The van der Waals surface area contributed by atoms with Crippen molar-refractivity contribution in [2.24, 2.45) is 5.92 Å². The Balaban J connectivity index is 2.83. The molecule has 0 fully saturated rings. The Morgan fingerprint density at radius 2 is 2.29 bits per heavy atom. The monoisotopic (exact) mass is 98.1 g/mol. The van der Waals surface area contributed by atoms with E-state index in [1.54, 1.807) is 0 Å². The van der Waals surface area contributed by atoms with Crippen LogP contribution in [0.15, 0.2) is 0 Å². The van der Waals surface area contributed by atoms with Gasteiger partial charge in [-0.1, -0.05) is 27.2 Å². The summed E-state index contributed by atoms with van der Waals surface area (Å²) in [4.78, 5) is 0. The molecule has 7 heavy (non-hydrogen) atoms. The molecule has 0 aliphatic rings. The molecule has 0 heterocycles. The normalized spacial score (nSPS) is 14.1. The lowest BCUT2D eigenvalue weighted by molar-refractivity contribution is 0.613. The summed E-state index contributed by atoms with van der Waals surface area (Å²) < 4.78 is 0. The first kappa shape index (κ1) is 7.00. The van der Waals surface area contributed by atoms with Crippen LogP contribution >= 0.6 is 0 Å². The Kier molecular flexibility index (Phi) is 4.17. The Morgan fingerprint density at radius 1 is 1.71 bits per heavy atom. The zero-order valence-corrected chi connectivity index (χ0v) is 5.28. The first-order valence-corrected chi connectivity index (χ1v) is 2.92. The second-order valence-corrected chi connectivity index (χ2v) is 1.92. The topological polar surface area (TPSA) is 0 Å². The third-order valence-corrected chi connectivity index (χ3v) is 1.15. The van der Waals surface area contributed by atoms with Gasteiger partial charge in [0, 0.05) is 0 Å². The lowest BCUT2D eigenvalue weighted by Crippen LogP contribution is -1.89. The van der Waals surface area contributed by atoms with E-state index in [0.717, 1.165) is 6.42 Å². The summed E-state index contributed by atoms with van der Waals surface area (Å²) in [7, 11) is 0. The van der Waals surface area contributed by atoms with Crippen molar-refractivity contribution in [3.63, 3.8) is 0 Å². The molecule has 0 saturated carbocycles. The average Bonchev–Trinajstić information content (AvgIpc) is 1.68. The van der Waals surface area contributed by atoms with Crippen molar-refractivity contribution in [1.82, 2.24) is 0 Å². The second-order valence-electron chi connectivity index (χ2n) is 1.92. The van der Waals surface area contributed by atoms with E-state index in [0.29, 0.717) is 5.92 Å². The third kappa shape index (κ3) is 3.84. The minimum atomic E-state index is 0.644. The summed E-state index contributed by atoms with van der Waals surface area (Å²) in [6.45, 7) is 8.16. The van der Waals surface area contributed by atoms with Crippen molar-refractivity contribution in [3.8, 4) is 0 Å². The van der Waals surface area contributed by atoms with Gasteiger partial charge in [0.2, 0.25) is 0 Å². The van der Waals surface area contributed by atoms with Crippen molar-refractivity contribution in [1.29, 1.82) is 0 Å². The van der Waals surface area contributed by atoms with Crippen LogP contribution in [0.4, 0.5) is 0 Å². The summed E-state index contributed by atoms with van der Waals surface area (Å²) in [5, 5.41) is 0. The van der Waals surface area contributed by atoms with Gasteiger partial charge in [-0.15, -0.1) is 0 Å². The fraction of sp³-hybridized carbons (Fsp3) is 0.714. The van der Waals surface area contributed by atoms with Gasteiger partial charge in [0.15, 0.2) is 0 Å². The molecule has 0 nitrogen and oxygen atoms in total. The van der Waals surface area contributed by atoms with Crippen molar-refractivity contribution in [3.05, 3.63) is 13.3 Å². The second kappa shape index (κ2) is 4.17. The lowest BCUT2D eigenvalue weighted by Gasteiger charge is -2.02. The van der Waals surface area contributed by atoms with Gasteiger partial charge >= 0.3 is 0 Å². The first-order chi connectivity index (χ1) is 3.31. The predicted molar refractivity (Wildman–Crippen MR) is 33.7 cm³/mol. The maximum atomic E-state index is 3.92. The van der Waals surface area contributed by atoms with Gasteiger partial charge in [0.1, 0.15) is 0 Å². The van der Waals surface area contributed by atoms with E-state index in [4.69, 9.17) is 0 Å². The molecule has 2 radical (unpaired) electrons. The standard InChI is InChI=1S/C7H14/c1-4-6-7(3)5-2/h4,7H,3,5-6H2,1-2H3. The van der Waals surface area contributed by atoms with Gasteiger partial charge in [-0.05, 0) is 18.8 Å². The van der Waals surface area contributed by atoms with Crippen LogP contribution in [0, 0.1) is 19.3 Å². The number of rotatable bonds is 3. The molecule has 0 rings (SSSR count). The summed E-state index contributed by atoms with van der Waals surface area (Å²) in [6, 6.07) is 0. The highest BCUT2D eigenvalue weighted by Crippen LogP contribution is 2.06. The van der Waals surface area contributed by atoms with Gasteiger partial charge in [-0.25, -0.2) is 0 Å². The molecule has 0 aliphatic heterocycles. The molecule has 1 atom stereocenters. The molecule has 0 aliphatic carbocycles. The smallest absolute Gasteiger partial charge is 0.0414 e. The van der Waals surface area contributed by atoms with Crippen LogP contribution < -0.4 is 0 Å². The minimum Gasteiger partial charge on any atom is -0.0651 e. The van der Waals surface area contributed by atoms with Crippen LogP contribution in [0.5, 0.6) is 0 Å². The minimum absolute atomic E-state index is 0.644. The van der Waals surface area contributed by atoms with E-state index in [-0.39, 0.29) is 0 Å².